The molecule has 1 aliphatic rings. The highest BCUT2D eigenvalue weighted by Crippen LogP contribution is 2.30. The average molecular weight is 349 g/mol. The molecule has 1 aliphatic heterocycles. The first-order valence-electron chi connectivity index (χ1n) is 7.51. The molecule has 1 heterocycles. The Morgan fingerprint density at radius 2 is 1.79 bits per heavy atom. The zero-order valence-corrected chi connectivity index (χ0v) is 13.5. The van der Waals surface area contributed by atoms with E-state index in [-0.39, 0.29) is 11.4 Å². The number of rotatable bonds is 3. The number of aromatic hydroxyl groups is 1. The van der Waals surface area contributed by atoms with E-state index in [1.807, 2.05) is 0 Å². The number of ether oxygens (including phenoxy) is 2. The fourth-order valence-corrected chi connectivity index (χ4v) is 2.42. The molecule has 0 bridgehead atoms. The van der Waals surface area contributed by atoms with Crippen molar-refractivity contribution in [3.05, 3.63) is 53.1 Å². The Morgan fingerprint density at radius 3 is 2.50 bits per heavy atom. The van der Waals surface area contributed by atoms with E-state index < -0.39 is 12.3 Å². The standard InChI is InChI=1S/C17H17ClN2O4/c18-12-3-5-13(6-4-12)19-17(22)20-14-10-11(2-7-15(14)21)16-23-8-1-9-24-16/h2-7,10,16,21H,1,8-9H2,(H2,19,20,22). The van der Waals surface area contributed by atoms with Crippen molar-refractivity contribution in [1.82, 2.24) is 0 Å². The van der Waals surface area contributed by atoms with Crippen LogP contribution in [0, 0.1) is 0 Å². The van der Waals surface area contributed by atoms with Gasteiger partial charge in [0.15, 0.2) is 6.29 Å². The van der Waals surface area contributed by atoms with Crippen LogP contribution < -0.4 is 10.6 Å². The molecule has 1 fully saturated rings. The molecule has 6 nitrogen and oxygen atoms in total. The summed E-state index contributed by atoms with van der Waals surface area (Å²) in [6, 6.07) is 11.1. The third kappa shape index (κ3) is 4.17. The number of urea groups is 1. The number of hydrogen-bond donors (Lipinski definition) is 3. The van der Waals surface area contributed by atoms with Crippen LogP contribution >= 0.6 is 11.6 Å². The summed E-state index contributed by atoms with van der Waals surface area (Å²) in [5, 5.41) is 15.8. The molecule has 2 aromatic carbocycles. The van der Waals surface area contributed by atoms with Gasteiger partial charge in [-0.1, -0.05) is 17.7 Å². The first-order valence-corrected chi connectivity index (χ1v) is 7.89. The van der Waals surface area contributed by atoms with Gasteiger partial charge in [-0.2, -0.15) is 0 Å². The molecule has 24 heavy (non-hydrogen) atoms. The van der Waals surface area contributed by atoms with Crippen LogP contribution in [0.4, 0.5) is 16.2 Å². The molecule has 0 saturated carbocycles. The van der Waals surface area contributed by atoms with Crippen molar-refractivity contribution in [3.8, 4) is 5.75 Å². The minimum Gasteiger partial charge on any atom is -0.506 e. The first-order chi connectivity index (χ1) is 11.6. The van der Waals surface area contributed by atoms with Gasteiger partial charge in [0.2, 0.25) is 0 Å². The Labute approximate surface area is 144 Å². The van der Waals surface area contributed by atoms with Gasteiger partial charge < -0.3 is 25.2 Å². The number of carbonyl (C=O) groups is 1. The average Bonchev–Trinajstić information content (AvgIpc) is 2.60. The lowest BCUT2D eigenvalue weighted by atomic mass is 10.1. The van der Waals surface area contributed by atoms with Gasteiger partial charge in [-0.25, -0.2) is 4.79 Å². The molecule has 2 aromatic rings. The highest BCUT2D eigenvalue weighted by Gasteiger charge is 2.18. The predicted octanol–water partition coefficient (Wildman–Crippen LogP) is 4.13. The smallest absolute Gasteiger partial charge is 0.323 e. The molecule has 0 spiro atoms. The van der Waals surface area contributed by atoms with Crippen LogP contribution in [0.1, 0.15) is 18.3 Å². The maximum atomic E-state index is 12.1. The van der Waals surface area contributed by atoms with Crippen molar-refractivity contribution >= 4 is 29.0 Å². The number of nitrogens with one attached hydrogen (secondary N) is 2. The lowest BCUT2D eigenvalue weighted by Gasteiger charge is -2.24. The van der Waals surface area contributed by atoms with Crippen molar-refractivity contribution in [3.63, 3.8) is 0 Å². The van der Waals surface area contributed by atoms with Gasteiger partial charge in [0, 0.05) is 16.3 Å². The van der Waals surface area contributed by atoms with Crippen molar-refractivity contribution in [2.24, 2.45) is 0 Å². The van der Waals surface area contributed by atoms with Crippen molar-refractivity contribution in [2.75, 3.05) is 23.8 Å². The van der Waals surface area contributed by atoms with Crippen LogP contribution in [0.25, 0.3) is 0 Å². The molecule has 0 aromatic heterocycles. The fourth-order valence-electron chi connectivity index (χ4n) is 2.30. The number of benzene rings is 2. The molecule has 3 rings (SSSR count). The molecule has 7 heteroatoms. The van der Waals surface area contributed by atoms with Gasteiger partial charge in [-0.15, -0.1) is 0 Å². The minimum absolute atomic E-state index is 0.0409. The molecule has 0 unspecified atom stereocenters. The van der Waals surface area contributed by atoms with Gasteiger partial charge in [0.25, 0.3) is 0 Å². The molecule has 0 radical (unpaired) electrons. The van der Waals surface area contributed by atoms with E-state index in [9.17, 15) is 9.90 Å². The second-order valence-corrected chi connectivity index (χ2v) is 5.73. The molecule has 1 saturated heterocycles. The summed E-state index contributed by atoms with van der Waals surface area (Å²) in [7, 11) is 0. The molecule has 0 aliphatic carbocycles. The Hall–Kier alpha value is -2.28. The molecule has 2 amide bonds. The number of anilines is 2. The largest absolute Gasteiger partial charge is 0.506 e. The second kappa shape index (κ2) is 7.53. The van der Waals surface area contributed by atoms with Crippen LogP contribution in [0.15, 0.2) is 42.5 Å². The fraction of sp³-hybridized carbons (Fsp3) is 0.235. The number of hydrogen-bond acceptors (Lipinski definition) is 4. The van der Waals surface area contributed by atoms with E-state index in [2.05, 4.69) is 10.6 Å². The van der Waals surface area contributed by atoms with Gasteiger partial charge in [-0.3, -0.25) is 0 Å². The summed E-state index contributed by atoms with van der Waals surface area (Å²) in [5.41, 5.74) is 1.59. The van der Waals surface area contributed by atoms with E-state index in [4.69, 9.17) is 21.1 Å². The van der Waals surface area contributed by atoms with Gasteiger partial charge in [-0.05, 0) is 42.8 Å². The maximum absolute atomic E-state index is 12.1. The number of carbonyl (C=O) groups excluding carboxylic acids is 1. The molecule has 3 N–H and O–H groups in total. The highest BCUT2D eigenvalue weighted by atomic mass is 35.5. The molecule has 126 valence electrons. The van der Waals surface area contributed by atoms with E-state index in [1.165, 1.54) is 6.07 Å². The Kier molecular flexibility index (Phi) is 5.20. The monoisotopic (exact) mass is 348 g/mol. The van der Waals surface area contributed by atoms with Gasteiger partial charge in [0.05, 0.1) is 18.9 Å². The highest BCUT2D eigenvalue weighted by molar-refractivity contribution is 6.30. The summed E-state index contributed by atoms with van der Waals surface area (Å²) in [5.74, 6) is -0.0409. The first kappa shape index (κ1) is 16.6. The third-order valence-electron chi connectivity index (χ3n) is 3.47. The number of phenolic OH excluding ortho intramolecular Hbond substituents is 1. The normalized spacial score (nSPS) is 15.0. The lowest BCUT2D eigenvalue weighted by molar-refractivity contribution is -0.183. The second-order valence-electron chi connectivity index (χ2n) is 5.29. The van der Waals surface area contributed by atoms with Crippen LogP contribution in [0.5, 0.6) is 5.75 Å². The van der Waals surface area contributed by atoms with Crippen LogP contribution in [0.2, 0.25) is 5.02 Å². The zero-order chi connectivity index (χ0) is 16.9. The van der Waals surface area contributed by atoms with E-state index in [0.29, 0.717) is 23.9 Å². The summed E-state index contributed by atoms with van der Waals surface area (Å²) >= 11 is 5.80. The summed E-state index contributed by atoms with van der Waals surface area (Å²) in [6.07, 6.45) is 0.364. The number of halogens is 1. The third-order valence-corrected chi connectivity index (χ3v) is 3.72. The van der Waals surface area contributed by atoms with Crippen molar-refractivity contribution in [1.29, 1.82) is 0 Å². The maximum Gasteiger partial charge on any atom is 0.323 e. The molecular formula is C17H17ClN2O4. The van der Waals surface area contributed by atoms with Crippen molar-refractivity contribution in [2.45, 2.75) is 12.7 Å². The van der Waals surface area contributed by atoms with Crippen LogP contribution in [0.3, 0.4) is 0 Å². The Bertz CT molecular complexity index is 715. The van der Waals surface area contributed by atoms with E-state index in [0.717, 1.165) is 12.0 Å². The Morgan fingerprint density at radius 1 is 1.08 bits per heavy atom. The lowest BCUT2D eigenvalue weighted by Crippen LogP contribution is -2.20. The number of amides is 2. The van der Waals surface area contributed by atoms with E-state index >= 15 is 0 Å². The van der Waals surface area contributed by atoms with Crippen LogP contribution in [-0.2, 0) is 9.47 Å². The molecular weight excluding hydrogens is 332 g/mol. The topological polar surface area (TPSA) is 79.8 Å². The predicted molar refractivity (Wildman–Crippen MR) is 91.5 cm³/mol. The quantitative estimate of drug-likeness (QED) is 0.729. The van der Waals surface area contributed by atoms with Crippen molar-refractivity contribution < 1.29 is 19.4 Å². The van der Waals surface area contributed by atoms with E-state index in [1.54, 1.807) is 36.4 Å². The summed E-state index contributed by atoms with van der Waals surface area (Å²) < 4.78 is 11.1. The SMILES string of the molecule is O=C(Nc1ccc(Cl)cc1)Nc1cc(C2OCCCO2)ccc1O. The van der Waals surface area contributed by atoms with Gasteiger partial charge in [0.1, 0.15) is 5.75 Å². The molecule has 0 atom stereocenters. The summed E-state index contributed by atoms with van der Waals surface area (Å²) in [4.78, 5) is 12.1. The Balaban J connectivity index is 1.69. The van der Waals surface area contributed by atoms with Gasteiger partial charge >= 0.3 is 6.03 Å². The zero-order valence-electron chi connectivity index (χ0n) is 12.8. The number of phenols is 1. The summed E-state index contributed by atoms with van der Waals surface area (Å²) in [6.45, 7) is 1.23. The minimum atomic E-state index is -0.487. The van der Waals surface area contributed by atoms with Crippen LogP contribution in [-0.4, -0.2) is 24.4 Å².